The molecule has 1 aliphatic rings. The fraction of sp³-hybridized carbons (Fsp3) is 0.647. The van der Waals surface area contributed by atoms with Crippen molar-refractivity contribution in [1.29, 1.82) is 0 Å². The van der Waals surface area contributed by atoms with Gasteiger partial charge in [0, 0.05) is 0 Å². The summed E-state index contributed by atoms with van der Waals surface area (Å²) in [5.74, 6) is 0. The third-order valence-electron chi connectivity index (χ3n) is 3.68. The SMILES string of the molecule is C/C(=C\CC/C(C)=C/CO)CC=C1CCCCC1. The molecule has 0 aliphatic heterocycles. The van der Waals surface area contributed by atoms with E-state index in [1.807, 2.05) is 6.08 Å². The number of hydrogen-bond donors (Lipinski definition) is 1. The van der Waals surface area contributed by atoms with Crippen molar-refractivity contribution >= 4 is 0 Å². The van der Waals surface area contributed by atoms with Gasteiger partial charge in [0.1, 0.15) is 0 Å². The molecule has 0 amide bonds. The summed E-state index contributed by atoms with van der Waals surface area (Å²) in [6.07, 6.45) is 16.8. The quantitative estimate of drug-likeness (QED) is 0.661. The smallest absolute Gasteiger partial charge is 0.0614 e. The fourth-order valence-electron chi connectivity index (χ4n) is 2.40. The van der Waals surface area contributed by atoms with E-state index in [0.29, 0.717) is 0 Å². The summed E-state index contributed by atoms with van der Waals surface area (Å²) in [6, 6.07) is 0. The highest BCUT2D eigenvalue weighted by Gasteiger charge is 2.04. The van der Waals surface area contributed by atoms with Gasteiger partial charge in [0.15, 0.2) is 0 Å². The van der Waals surface area contributed by atoms with Gasteiger partial charge in [0.2, 0.25) is 0 Å². The molecular formula is C17H28O. The van der Waals surface area contributed by atoms with Crippen LogP contribution in [-0.4, -0.2) is 11.7 Å². The summed E-state index contributed by atoms with van der Waals surface area (Å²) >= 11 is 0. The van der Waals surface area contributed by atoms with E-state index >= 15 is 0 Å². The molecule has 0 heterocycles. The highest BCUT2D eigenvalue weighted by Crippen LogP contribution is 2.23. The highest BCUT2D eigenvalue weighted by atomic mass is 16.2. The van der Waals surface area contributed by atoms with Crippen LogP contribution >= 0.6 is 0 Å². The number of aliphatic hydroxyl groups excluding tert-OH is 1. The monoisotopic (exact) mass is 248 g/mol. The van der Waals surface area contributed by atoms with Crippen LogP contribution < -0.4 is 0 Å². The van der Waals surface area contributed by atoms with Gasteiger partial charge < -0.3 is 5.11 Å². The van der Waals surface area contributed by atoms with E-state index in [2.05, 4.69) is 26.0 Å². The van der Waals surface area contributed by atoms with Crippen LogP contribution in [0.1, 0.15) is 65.2 Å². The predicted molar refractivity (Wildman–Crippen MR) is 79.6 cm³/mol. The lowest BCUT2D eigenvalue weighted by Crippen LogP contribution is -1.93. The lowest BCUT2D eigenvalue weighted by Gasteiger charge is -2.13. The average molecular weight is 248 g/mol. The standard InChI is InChI=1S/C17H28O/c1-15(7-6-8-16(2)13-14-18)11-12-17-9-4-3-5-10-17/h7,12-13,18H,3-6,8-11,14H2,1-2H3/b15-7+,16-13+. The zero-order valence-corrected chi connectivity index (χ0v) is 12.0. The summed E-state index contributed by atoms with van der Waals surface area (Å²) in [4.78, 5) is 0. The molecule has 1 fully saturated rings. The normalized spacial score (nSPS) is 18.1. The first-order chi connectivity index (χ1) is 8.72. The lowest BCUT2D eigenvalue weighted by atomic mass is 9.93. The number of aliphatic hydroxyl groups is 1. The molecule has 0 radical (unpaired) electrons. The molecule has 102 valence electrons. The van der Waals surface area contributed by atoms with Gasteiger partial charge in [-0.15, -0.1) is 0 Å². The lowest BCUT2D eigenvalue weighted by molar-refractivity contribution is 0.341. The molecule has 0 aromatic heterocycles. The average Bonchev–Trinajstić information content (AvgIpc) is 2.38. The van der Waals surface area contributed by atoms with E-state index in [1.165, 1.54) is 43.3 Å². The maximum Gasteiger partial charge on any atom is 0.0614 e. The Morgan fingerprint density at radius 3 is 2.44 bits per heavy atom. The second-order valence-electron chi connectivity index (χ2n) is 5.45. The van der Waals surface area contributed by atoms with Crippen molar-refractivity contribution in [3.05, 3.63) is 34.9 Å². The second kappa shape index (κ2) is 9.16. The van der Waals surface area contributed by atoms with Crippen molar-refractivity contribution in [1.82, 2.24) is 0 Å². The van der Waals surface area contributed by atoms with Gasteiger partial charge in [-0.25, -0.2) is 0 Å². The van der Waals surface area contributed by atoms with Crippen LogP contribution in [0, 0.1) is 0 Å². The first kappa shape index (κ1) is 15.2. The third-order valence-corrected chi connectivity index (χ3v) is 3.68. The predicted octanol–water partition coefficient (Wildman–Crippen LogP) is 4.93. The molecule has 18 heavy (non-hydrogen) atoms. The van der Waals surface area contributed by atoms with Crippen molar-refractivity contribution in [2.75, 3.05) is 6.61 Å². The molecule has 0 unspecified atom stereocenters. The van der Waals surface area contributed by atoms with Crippen LogP contribution in [-0.2, 0) is 0 Å². The van der Waals surface area contributed by atoms with Gasteiger partial charge >= 0.3 is 0 Å². The Bertz CT molecular complexity index is 313. The number of allylic oxidation sites excluding steroid dienone is 5. The van der Waals surface area contributed by atoms with E-state index in [-0.39, 0.29) is 6.61 Å². The van der Waals surface area contributed by atoms with Crippen LogP contribution in [0.3, 0.4) is 0 Å². The Kier molecular flexibility index (Phi) is 7.75. The highest BCUT2D eigenvalue weighted by molar-refractivity contribution is 5.12. The third kappa shape index (κ3) is 6.80. The van der Waals surface area contributed by atoms with Gasteiger partial charge in [-0.1, -0.05) is 41.4 Å². The van der Waals surface area contributed by atoms with Crippen LogP contribution in [0.5, 0.6) is 0 Å². The van der Waals surface area contributed by atoms with E-state index in [1.54, 1.807) is 5.57 Å². The Morgan fingerprint density at radius 1 is 1.06 bits per heavy atom. The van der Waals surface area contributed by atoms with Gasteiger partial charge in [0.25, 0.3) is 0 Å². The minimum atomic E-state index is 0.167. The first-order valence-electron chi connectivity index (χ1n) is 7.32. The molecule has 0 bridgehead atoms. The van der Waals surface area contributed by atoms with Crippen LogP contribution in [0.25, 0.3) is 0 Å². The van der Waals surface area contributed by atoms with E-state index in [0.717, 1.165) is 19.3 Å². The van der Waals surface area contributed by atoms with Crippen molar-refractivity contribution < 1.29 is 5.11 Å². The Balaban J connectivity index is 2.26. The molecule has 1 saturated carbocycles. The van der Waals surface area contributed by atoms with Gasteiger partial charge in [0.05, 0.1) is 6.61 Å². The summed E-state index contributed by atoms with van der Waals surface area (Å²) in [5.41, 5.74) is 4.43. The summed E-state index contributed by atoms with van der Waals surface area (Å²) in [5, 5.41) is 8.77. The Labute approximate surface area is 112 Å². The van der Waals surface area contributed by atoms with E-state index in [9.17, 15) is 0 Å². The van der Waals surface area contributed by atoms with Crippen molar-refractivity contribution in [3.8, 4) is 0 Å². The topological polar surface area (TPSA) is 20.2 Å². The zero-order chi connectivity index (χ0) is 13.2. The fourth-order valence-corrected chi connectivity index (χ4v) is 2.40. The molecule has 1 rings (SSSR count). The molecule has 0 atom stereocenters. The van der Waals surface area contributed by atoms with Crippen molar-refractivity contribution in [3.63, 3.8) is 0 Å². The van der Waals surface area contributed by atoms with E-state index < -0.39 is 0 Å². The van der Waals surface area contributed by atoms with Crippen LogP contribution in [0.15, 0.2) is 34.9 Å². The molecule has 0 aromatic carbocycles. The molecule has 1 heteroatoms. The maximum absolute atomic E-state index is 8.77. The molecule has 0 saturated heterocycles. The minimum Gasteiger partial charge on any atom is -0.392 e. The second-order valence-corrected chi connectivity index (χ2v) is 5.45. The first-order valence-corrected chi connectivity index (χ1v) is 7.32. The molecular weight excluding hydrogens is 220 g/mol. The number of hydrogen-bond acceptors (Lipinski definition) is 1. The molecule has 0 spiro atoms. The van der Waals surface area contributed by atoms with Crippen molar-refractivity contribution in [2.24, 2.45) is 0 Å². The largest absolute Gasteiger partial charge is 0.392 e. The van der Waals surface area contributed by atoms with Gasteiger partial charge in [-0.05, 0) is 58.8 Å². The molecule has 1 nitrogen and oxygen atoms in total. The van der Waals surface area contributed by atoms with Crippen molar-refractivity contribution in [2.45, 2.75) is 65.2 Å². The number of rotatable bonds is 6. The molecule has 0 aromatic rings. The Morgan fingerprint density at radius 2 is 1.78 bits per heavy atom. The molecule has 1 N–H and O–H groups in total. The zero-order valence-electron chi connectivity index (χ0n) is 12.0. The van der Waals surface area contributed by atoms with Crippen LogP contribution in [0.2, 0.25) is 0 Å². The molecule has 1 aliphatic carbocycles. The summed E-state index contributed by atoms with van der Waals surface area (Å²) in [6.45, 7) is 4.48. The van der Waals surface area contributed by atoms with E-state index in [4.69, 9.17) is 5.11 Å². The van der Waals surface area contributed by atoms with Crippen LogP contribution in [0.4, 0.5) is 0 Å². The summed E-state index contributed by atoms with van der Waals surface area (Å²) < 4.78 is 0. The maximum atomic E-state index is 8.77. The Hall–Kier alpha value is -0.820. The summed E-state index contributed by atoms with van der Waals surface area (Å²) in [7, 11) is 0. The van der Waals surface area contributed by atoms with Gasteiger partial charge in [-0.3, -0.25) is 0 Å². The van der Waals surface area contributed by atoms with Gasteiger partial charge in [-0.2, -0.15) is 0 Å². The minimum absolute atomic E-state index is 0.167.